The summed E-state index contributed by atoms with van der Waals surface area (Å²) in [5.74, 6) is -1.16. The fourth-order valence-corrected chi connectivity index (χ4v) is 3.20. The SMILES string of the molecule is CC(c1cccc(F)c1)N1C(Cl)=CC(=O)N2CCC(C(F)(F)F)N=C21. The zero-order chi connectivity index (χ0) is 18.4. The maximum Gasteiger partial charge on any atom is 0.410 e. The van der Waals surface area contributed by atoms with Gasteiger partial charge in [0.2, 0.25) is 5.96 Å². The van der Waals surface area contributed by atoms with Crippen molar-refractivity contribution in [2.45, 2.75) is 31.6 Å². The number of halogens is 5. The van der Waals surface area contributed by atoms with Gasteiger partial charge in [-0.1, -0.05) is 23.7 Å². The van der Waals surface area contributed by atoms with Crippen molar-refractivity contribution in [3.63, 3.8) is 0 Å². The van der Waals surface area contributed by atoms with E-state index < -0.39 is 30.0 Å². The van der Waals surface area contributed by atoms with E-state index in [0.717, 1.165) is 11.0 Å². The number of hydrogen-bond donors (Lipinski definition) is 0. The number of nitrogens with zero attached hydrogens (tertiary/aromatic N) is 3. The van der Waals surface area contributed by atoms with Gasteiger partial charge in [0.1, 0.15) is 11.0 Å². The Morgan fingerprint density at radius 2 is 2.08 bits per heavy atom. The van der Waals surface area contributed by atoms with E-state index >= 15 is 0 Å². The molecule has 9 heteroatoms. The van der Waals surface area contributed by atoms with Crippen LogP contribution in [0.2, 0.25) is 0 Å². The minimum Gasteiger partial charge on any atom is -0.295 e. The van der Waals surface area contributed by atoms with Gasteiger partial charge in [0.15, 0.2) is 6.04 Å². The number of carbonyl (C=O) groups is 1. The van der Waals surface area contributed by atoms with E-state index in [0.29, 0.717) is 5.56 Å². The van der Waals surface area contributed by atoms with Crippen molar-refractivity contribution in [3.8, 4) is 0 Å². The molecule has 1 amide bonds. The molecule has 25 heavy (non-hydrogen) atoms. The fraction of sp³-hybridized carbons (Fsp3) is 0.375. The molecule has 1 aromatic carbocycles. The van der Waals surface area contributed by atoms with Crippen molar-refractivity contribution in [1.82, 2.24) is 9.80 Å². The van der Waals surface area contributed by atoms with E-state index in [9.17, 15) is 22.4 Å². The lowest BCUT2D eigenvalue weighted by Crippen LogP contribution is -2.54. The maximum atomic E-state index is 13.5. The number of carbonyl (C=O) groups excluding carboxylic acids is 1. The standard InChI is InChI=1S/C16H14ClF4N3O/c1-9(10-3-2-4-11(18)7-10)24-13(17)8-14(25)23-6-5-12(16(19,20)21)22-15(23)24/h2-4,7-9,12H,5-6H2,1H3. The molecule has 0 spiro atoms. The van der Waals surface area contributed by atoms with E-state index in [1.807, 2.05) is 0 Å². The Morgan fingerprint density at radius 1 is 1.36 bits per heavy atom. The molecule has 2 atom stereocenters. The van der Waals surface area contributed by atoms with Crippen LogP contribution in [-0.2, 0) is 4.79 Å². The van der Waals surface area contributed by atoms with Crippen molar-refractivity contribution < 1.29 is 22.4 Å². The Labute approximate surface area is 146 Å². The van der Waals surface area contributed by atoms with Crippen molar-refractivity contribution in [3.05, 3.63) is 46.9 Å². The Morgan fingerprint density at radius 3 is 2.72 bits per heavy atom. The van der Waals surface area contributed by atoms with Crippen LogP contribution in [0, 0.1) is 5.82 Å². The first-order valence-electron chi connectivity index (χ1n) is 7.56. The number of benzene rings is 1. The maximum absolute atomic E-state index is 13.5. The van der Waals surface area contributed by atoms with Crippen LogP contribution < -0.4 is 0 Å². The molecule has 0 saturated heterocycles. The predicted octanol–water partition coefficient (Wildman–Crippen LogP) is 3.80. The van der Waals surface area contributed by atoms with Gasteiger partial charge in [0.05, 0.1) is 6.04 Å². The summed E-state index contributed by atoms with van der Waals surface area (Å²) in [5.41, 5.74) is 0.498. The quantitative estimate of drug-likeness (QED) is 0.582. The summed E-state index contributed by atoms with van der Waals surface area (Å²) < 4.78 is 52.7. The average Bonchev–Trinajstić information content (AvgIpc) is 2.53. The Bertz CT molecular complexity index is 762. The average molecular weight is 376 g/mol. The summed E-state index contributed by atoms with van der Waals surface area (Å²) in [7, 11) is 0. The van der Waals surface area contributed by atoms with Crippen LogP contribution in [0.4, 0.5) is 17.6 Å². The number of aliphatic imine (C=N–C) groups is 1. The second kappa shape index (κ2) is 6.33. The lowest BCUT2D eigenvalue weighted by atomic mass is 10.1. The van der Waals surface area contributed by atoms with Crippen molar-refractivity contribution in [2.24, 2.45) is 4.99 Å². The third-order valence-electron chi connectivity index (χ3n) is 4.19. The number of alkyl halides is 3. The normalized spacial score (nSPS) is 22.3. The van der Waals surface area contributed by atoms with Gasteiger partial charge in [-0.05, 0) is 31.0 Å². The second-order valence-corrected chi connectivity index (χ2v) is 6.22. The molecular formula is C16H14ClF4N3O. The zero-order valence-electron chi connectivity index (χ0n) is 13.1. The van der Waals surface area contributed by atoms with E-state index in [-0.39, 0.29) is 24.1 Å². The second-order valence-electron chi connectivity index (χ2n) is 5.83. The van der Waals surface area contributed by atoms with Gasteiger partial charge in [-0.3, -0.25) is 14.6 Å². The first kappa shape index (κ1) is 17.7. The van der Waals surface area contributed by atoms with Gasteiger partial charge in [0, 0.05) is 12.6 Å². The van der Waals surface area contributed by atoms with Gasteiger partial charge in [0.25, 0.3) is 5.91 Å². The molecule has 4 nitrogen and oxygen atoms in total. The molecule has 134 valence electrons. The number of fused-ring (bicyclic) bond motifs is 1. The third-order valence-corrected chi connectivity index (χ3v) is 4.48. The van der Waals surface area contributed by atoms with Gasteiger partial charge >= 0.3 is 6.18 Å². The highest BCUT2D eigenvalue weighted by atomic mass is 35.5. The zero-order valence-corrected chi connectivity index (χ0v) is 13.9. The van der Waals surface area contributed by atoms with Crippen LogP contribution in [0.3, 0.4) is 0 Å². The summed E-state index contributed by atoms with van der Waals surface area (Å²) in [5, 5.41) is -0.0559. The lowest BCUT2D eigenvalue weighted by Gasteiger charge is -2.42. The molecule has 2 aliphatic heterocycles. The predicted molar refractivity (Wildman–Crippen MR) is 84.2 cm³/mol. The minimum atomic E-state index is -4.51. The van der Waals surface area contributed by atoms with Crippen LogP contribution in [0.1, 0.15) is 24.9 Å². The molecule has 0 aromatic heterocycles. The first-order valence-corrected chi connectivity index (χ1v) is 7.94. The fourth-order valence-electron chi connectivity index (χ4n) is 2.88. The van der Waals surface area contributed by atoms with Crippen LogP contribution >= 0.6 is 11.6 Å². The molecule has 2 unspecified atom stereocenters. The van der Waals surface area contributed by atoms with Gasteiger partial charge in [-0.2, -0.15) is 13.2 Å². The largest absolute Gasteiger partial charge is 0.410 e. The van der Waals surface area contributed by atoms with E-state index in [2.05, 4.69) is 4.99 Å². The van der Waals surface area contributed by atoms with E-state index in [1.54, 1.807) is 13.0 Å². The molecule has 3 rings (SSSR count). The highest BCUT2D eigenvalue weighted by Crippen LogP contribution is 2.35. The van der Waals surface area contributed by atoms with E-state index in [1.165, 1.54) is 23.1 Å². The van der Waals surface area contributed by atoms with Crippen LogP contribution in [-0.4, -0.2) is 40.4 Å². The van der Waals surface area contributed by atoms with Gasteiger partial charge in [-0.15, -0.1) is 0 Å². The van der Waals surface area contributed by atoms with Crippen LogP contribution in [0.25, 0.3) is 0 Å². The molecular weight excluding hydrogens is 362 g/mol. The number of guanidine groups is 1. The molecule has 0 radical (unpaired) electrons. The number of rotatable bonds is 2. The van der Waals surface area contributed by atoms with Gasteiger partial charge < -0.3 is 0 Å². The number of hydrogen-bond acceptors (Lipinski definition) is 3. The highest BCUT2D eigenvalue weighted by molar-refractivity contribution is 6.33. The minimum absolute atomic E-state index is 0.0559. The molecule has 0 saturated carbocycles. The monoisotopic (exact) mass is 375 g/mol. The highest BCUT2D eigenvalue weighted by Gasteiger charge is 2.46. The smallest absolute Gasteiger partial charge is 0.295 e. The van der Waals surface area contributed by atoms with Gasteiger partial charge in [-0.25, -0.2) is 9.38 Å². The molecule has 0 fully saturated rings. The van der Waals surface area contributed by atoms with Crippen molar-refractivity contribution in [2.75, 3.05) is 6.54 Å². The molecule has 0 N–H and O–H groups in total. The van der Waals surface area contributed by atoms with Crippen molar-refractivity contribution in [1.29, 1.82) is 0 Å². The van der Waals surface area contributed by atoms with Crippen LogP contribution in [0.5, 0.6) is 0 Å². The molecule has 2 aliphatic rings. The summed E-state index contributed by atoms with van der Waals surface area (Å²) >= 11 is 6.13. The number of amides is 1. The molecule has 1 aromatic rings. The summed E-state index contributed by atoms with van der Waals surface area (Å²) in [6.07, 6.45) is -3.69. The lowest BCUT2D eigenvalue weighted by molar-refractivity contribution is -0.152. The summed E-state index contributed by atoms with van der Waals surface area (Å²) in [6.45, 7) is 1.54. The molecule has 2 heterocycles. The van der Waals surface area contributed by atoms with E-state index in [4.69, 9.17) is 11.6 Å². The summed E-state index contributed by atoms with van der Waals surface area (Å²) in [4.78, 5) is 18.3. The Kier molecular flexibility index (Phi) is 4.49. The topological polar surface area (TPSA) is 35.9 Å². The Balaban J connectivity index is 2.04. The third kappa shape index (κ3) is 3.35. The Hall–Kier alpha value is -2.09. The molecule has 0 bridgehead atoms. The first-order chi connectivity index (χ1) is 11.7. The molecule has 0 aliphatic carbocycles. The summed E-state index contributed by atoms with van der Waals surface area (Å²) in [6, 6.07) is 3.13. The van der Waals surface area contributed by atoms with Crippen LogP contribution in [0.15, 0.2) is 40.5 Å². The van der Waals surface area contributed by atoms with Crippen molar-refractivity contribution >= 4 is 23.5 Å².